The molecule has 0 N–H and O–H groups in total. The van der Waals surface area contributed by atoms with Crippen molar-refractivity contribution in [3.63, 3.8) is 0 Å². The van der Waals surface area contributed by atoms with E-state index >= 15 is 0 Å². The maximum atomic E-state index is 13.9. The molecule has 0 spiro atoms. The van der Waals surface area contributed by atoms with Crippen molar-refractivity contribution in [3.8, 4) is 5.75 Å². The summed E-state index contributed by atoms with van der Waals surface area (Å²) in [6.07, 6.45) is 3.33. The summed E-state index contributed by atoms with van der Waals surface area (Å²) in [6.45, 7) is 5.41. The number of hydrogen-bond donors (Lipinski definition) is 0. The Bertz CT molecular complexity index is 1750. The average molecular weight is 531 g/mol. The van der Waals surface area contributed by atoms with Crippen molar-refractivity contribution in [2.75, 3.05) is 13.7 Å². The van der Waals surface area contributed by atoms with Crippen LogP contribution in [-0.2, 0) is 9.53 Å². The van der Waals surface area contributed by atoms with Gasteiger partial charge in [0.05, 0.1) is 29.0 Å². The van der Waals surface area contributed by atoms with E-state index in [1.54, 1.807) is 42.9 Å². The third-order valence-corrected chi connectivity index (χ3v) is 7.42. The van der Waals surface area contributed by atoms with Gasteiger partial charge in [-0.1, -0.05) is 78.1 Å². The lowest BCUT2D eigenvalue weighted by Crippen LogP contribution is -2.39. The Morgan fingerprint density at radius 3 is 2.65 bits per heavy atom. The van der Waals surface area contributed by atoms with Gasteiger partial charge in [0.25, 0.3) is 5.56 Å². The zero-order chi connectivity index (χ0) is 26.1. The summed E-state index contributed by atoms with van der Waals surface area (Å²) >= 11 is 7.40. The minimum Gasteiger partial charge on any atom is -0.496 e. The van der Waals surface area contributed by atoms with Crippen molar-refractivity contribution in [2.45, 2.75) is 13.0 Å². The van der Waals surface area contributed by atoms with E-state index in [0.717, 1.165) is 21.9 Å². The molecule has 8 heteroatoms. The molecule has 1 unspecified atom stereocenters. The van der Waals surface area contributed by atoms with Crippen LogP contribution in [0.5, 0.6) is 5.75 Å². The zero-order valence-electron chi connectivity index (χ0n) is 20.2. The summed E-state index contributed by atoms with van der Waals surface area (Å²) in [5, 5.41) is 2.55. The number of rotatable bonds is 6. The number of carbonyl (C=O) groups excluding carboxylic acids is 1. The van der Waals surface area contributed by atoms with Crippen LogP contribution >= 0.6 is 22.9 Å². The number of methoxy groups -OCH3 is 1. The van der Waals surface area contributed by atoms with Crippen LogP contribution in [0.1, 0.15) is 24.1 Å². The van der Waals surface area contributed by atoms with Crippen molar-refractivity contribution in [2.24, 2.45) is 4.99 Å². The molecule has 1 atom stereocenters. The van der Waals surface area contributed by atoms with Crippen LogP contribution in [0, 0.1) is 0 Å². The molecule has 0 radical (unpaired) electrons. The highest BCUT2D eigenvalue weighted by Gasteiger charge is 2.33. The normalized spacial score (nSPS) is 15.3. The number of allylic oxidation sites excluding steroid dienone is 1. The lowest BCUT2D eigenvalue weighted by Gasteiger charge is -2.24. The third-order valence-electron chi connectivity index (χ3n) is 6.19. The number of thiazole rings is 1. The first-order valence-corrected chi connectivity index (χ1v) is 12.7. The molecule has 186 valence electrons. The Kier molecular flexibility index (Phi) is 6.82. The van der Waals surface area contributed by atoms with Gasteiger partial charge in [-0.15, -0.1) is 0 Å². The van der Waals surface area contributed by atoms with E-state index in [-0.39, 0.29) is 12.2 Å². The second kappa shape index (κ2) is 10.2. The molecule has 2 heterocycles. The van der Waals surface area contributed by atoms with Crippen LogP contribution in [0.3, 0.4) is 0 Å². The Morgan fingerprint density at radius 1 is 1.16 bits per heavy atom. The van der Waals surface area contributed by atoms with Crippen LogP contribution < -0.4 is 19.6 Å². The molecule has 0 bridgehead atoms. The van der Waals surface area contributed by atoms with Crippen molar-refractivity contribution >= 4 is 45.8 Å². The van der Waals surface area contributed by atoms with E-state index in [9.17, 15) is 9.59 Å². The second-order valence-electron chi connectivity index (χ2n) is 8.42. The molecule has 6 nitrogen and oxygen atoms in total. The molecule has 3 aromatic carbocycles. The van der Waals surface area contributed by atoms with Gasteiger partial charge in [-0.05, 0) is 47.5 Å². The molecule has 4 aromatic rings. The van der Waals surface area contributed by atoms with E-state index in [1.807, 2.05) is 42.5 Å². The zero-order valence-corrected chi connectivity index (χ0v) is 21.8. The van der Waals surface area contributed by atoms with E-state index in [0.29, 0.717) is 31.4 Å². The van der Waals surface area contributed by atoms with E-state index in [4.69, 9.17) is 21.1 Å². The summed E-state index contributed by atoms with van der Waals surface area (Å²) < 4.78 is 13.0. The Hall–Kier alpha value is -3.94. The van der Waals surface area contributed by atoms with Crippen molar-refractivity contribution in [1.82, 2.24) is 4.57 Å². The van der Waals surface area contributed by atoms with Gasteiger partial charge in [-0.3, -0.25) is 9.36 Å². The van der Waals surface area contributed by atoms with E-state index in [2.05, 4.69) is 11.6 Å². The summed E-state index contributed by atoms with van der Waals surface area (Å²) in [5.41, 5.74) is 2.05. The third kappa shape index (κ3) is 4.52. The molecule has 5 rings (SSSR count). The molecular weight excluding hydrogens is 508 g/mol. The van der Waals surface area contributed by atoms with Crippen molar-refractivity contribution in [3.05, 3.63) is 120 Å². The molecule has 37 heavy (non-hydrogen) atoms. The molecule has 1 aromatic heterocycles. The van der Waals surface area contributed by atoms with Crippen LogP contribution in [0.2, 0.25) is 5.02 Å². The van der Waals surface area contributed by atoms with Gasteiger partial charge >= 0.3 is 5.97 Å². The predicted octanol–water partition coefficient (Wildman–Crippen LogP) is 4.78. The van der Waals surface area contributed by atoms with Gasteiger partial charge < -0.3 is 9.47 Å². The van der Waals surface area contributed by atoms with Crippen LogP contribution in [-0.4, -0.2) is 24.3 Å². The quantitative estimate of drug-likeness (QED) is 0.266. The van der Waals surface area contributed by atoms with E-state index in [1.165, 1.54) is 17.4 Å². The minimum atomic E-state index is -0.720. The lowest BCUT2D eigenvalue weighted by atomic mass is 9.96. The lowest BCUT2D eigenvalue weighted by molar-refractivity contribution is -0.138. The second-order valence-corrected chi connectivity index (χ2v) is 9.87. The highest BCUT2D eigenvalue weighted by molar-refractivity contribution is 7.07. The largest absolute Gasteiger partial charge is 0.496 e. The van der Waals surface area contributed by atoms with Crippen LogP contribution in [0.25, 0.3) is 16.8 Å². The van der Waals surface area contributed by atoms with Crippen molar-refractivity contribution < 1.29 is 14.3 Å². The van der Waals surface area contributed by atoms with Gasteiger partial charge in [0.1, 0.15) is 12.4 Å². The number of halogens is 1. The maximum absolute atomic E-state index is 13.9. The fourth-order valence-electron chi connectivity index (χ4n) is 4.49. The SMILES string of the molecule is C=CCOC(=O)C1=C(C)N=c2sc(=Cc3c(OC)ccc4ccccc34)c(=O)n2C1c1ccc(Cl)cc1. The average Bonchev–Trinajstić information content (AvgIpc) is 3.21. The van der Waals surface area contributed by atoms with Gasteiger partial charge in [0, 0.05) is 10.6 Å². The number of ether oxygens (including phenoxy) is 2. The summed E-state index contributed by atoms with van der Waals surface area (Å²) in [4.78, 5) is 32.2. The molecule has 1 aliphatic heterocycles. The molecule has 0 amide bonds. The molecule has 0 saturated carbocycles. The summed E-state index contributed by atoms with van der Waals surface area (Å²) in [5.74, 6) is 0.106. The number of esters is 1. The Balaban J connectivity index is 1.76. The van der Waals surface area contributed by atoms with Crippen molar-refractivity contribution in [1.29, 1.82) is 0 Å². The number of benzene rings is 3. The fraction of sp³-hybridized carbons (Fsp3) is 0.138. The first kappa shape index (κ1) is 24.7. The monoisotopic (exact) mass is 530 g/mol. The van der Waals surface area contributed by atoms with Gasteiger partial charge in [-0.25, -0.2) is 9.79 Å². The van der Waals surface area contributed by atoms with Gasteiger partial charge in [0.15, 0.2) is 4.80 Å². The standard InChI is InChI=1S/C29H23ClN2O4S/c1-4-15-36-28(34)25-17(2)31-29-32(26(25)19-9-12-20(30)13-10-19)27(33)24(37-29)16-22-21-8-6-5-7-18(21)11-14-23(22)35-3/h4-14,16,26H,1,15H2,2-3H3. The summed E-state index contributed by atoms with van der Waals surface area (Å²) in [6, 6.07) is 18.1. The molecule has 0 fully saturated rings. The number of fused-ring (bicyclic) bond motifs is 2. The first-order valence-electron chi connectivity index (χ1n) is 11.5. The Morgan fingerprint density at radius 2 is 1.92 bits per heavy atom. The molecular formula is C29H23ClN2O4S. The maximum Gasteiger partial charge on any atom is 0.338 e. The summed E-state index contributed by atoms with van der Waals surface area (Å²) in [7, 11) is 1.61. The number of hydrogen-bond acceptors (Lipinski definition) is 6. The molecule has 1 aliphatic rings. The van der Waals surface area contributed by atoms with Crippen LogP contribution in [0.15, 0.2) is 94.4 Å². The van der Waals surface area contributed by atoms with E-state index < -0.39 is 12.0 Å². The van der Waals surface area contributed by atoms with Crippen LogP contribution in [0.4, 0.5) is 0 Å². The number of nitrogens with zero attached hydrogens (tertiary/aromatic N) is 2. The highest BCUT2D eigenvalue weighted by Crippen LogP contribution is 2.32. The molecule has 0 saturated heterocycles. The smallest absolute Gasteiger partial charge is 0.338 e. The van der Waals surface area contributed by atoms with Gasteiger partial charge in [-0.2, -0.15) is 0 Å². The first-order chi connectivity index (χ1) is 17.9. The number of carbonyl (C=O) groups is 1. The topological polar surface area (TPSA) is 69.9 Å². The Labute approximate surface area is 222 Å². The predicted molar refractivity (Wildman–Crippen MR) is 147 cm³/mol. The fourth-order valence-corrected chi connectivity index (χ4v) is 5.64. The van der Waals surface area contributed by atoms with Gasteiger partial charge in [0.2, 0.25) is 0 Å². The highest BCUT2D eigenvalue weighted by atomic mass is 35.5. The minimum absolute atomic E-state index is 0.0498. The number of aromatic nitrogens is 1. The molecule has 0 aliphatic carbocycles.